The van der Waals surface area contributed by atoms with Gasteiger partial charge in [-0.05, 0) is 67.3 Å². The number of sulfonamides is 1. The molecule has 1 atom stereocenters. The molecule has 1 N–H and O–H groups in total. The van der Waals surface area contributed by atoms with E-state index in [4.69, 9.17) is 23.2 Å². The van der Waals surface area contributed by atoms with Crippen LogP contribution >= 0.6 is 23.2 Å². The lowest BCUT2D eigenvalue weighted by Crippen LogP contribution is -2.54. The summed E-state index contributed by atoms with van der Waals surface area (Å²) in [5.74, 6) is -1.44. The van der Waals surface area contributed by atoms with Crippen LogP contribution in [0.25, 0.3) is 0 Å². The maximum atomic E-state index is 14.6. The van der Waals surface area contributed by atoms with Gasteiger partial charge in [0.25, 0.3) is 10.0 Å². The summed E-state index contributed by atoms with van der Waals surface area (Å²) in [6.45, 7) is 1.08. The summed E-state index contributed by atoms with van der Waals surface area (Å²) < 4.78 is 43.3. The van der Waals surface area contributed by atoms with Gasteiger partial charge in [0, 0.05) is 19.0 Å². The van der Waals surface area contributed by atoms with Crippen LogP contribution < -0.4 is 9.62 Å². The second-order valence-corrected chi connectivity index (χ2v) is 14.4. The maximum Gasteiger partial charge on any atom is 0.264 e. The van der Waals surface area contributed by atoms with Crippen molar-refractivity contribution in [3.8, 4) is 0 Å². The number of aryl methyl sites for hydroxylation is 1. The van der Waals surface area contributed by atoms with E-state index in [1.165, 1.54) is 41.3 Å². The number of halogens is 3. The van der Waals surface area contributed by atoms with Crippen molar-refractivity contribution in [2.24, 2.45) is 0 Å². The fourth-order valence-electron chi connectivity index (χ4n) is 5.74. The fraction of sp³-hybridized carbons (Fsp3) is 0.278. The van der Waals surface area contributed by atoms with Gasteiger partial charge in [-0.3, -0.25) is 13.9 Å². The third-order valence-electron chi connectivity index (χ3n) is 8.33. The third-order valence-corrected chi connectivity index (χ3v) is 10.9. The molecule has 7 nitrogen and oxygen atoms in total. The van der Waals surface area contributed by atoms with Crippen molar-refractivity contribution >= 4 is 50.7 Å². The summed E-state index contributed by atoms with van der Waals surface area (Å²) in [7, 11) is -4.35. The summed E-state index contributed by atoms with van der Waals surface area (Å²) in [6.07, 6.45) is 3.85. The molecule has 4 aromatic carbocycles. The first kappa shape index (κ1) is 34.4. The van der Waals surface area contributed by atoms with Crippen LogP contribution in [0.5, 0.6) is 0 Å². The van der Waals surface area contributed by atoms with Crippen LogP contribution in [-0.2, 0) is 32.6 Å². The zero-order chi connectivity index (χ0) is 33.6. The molecule has 0 aliphatic heterocycles. The third kappa shape index (κ3) is 8.52. The number of nitrogens with zero attached hydrogens (tertiary/aromatic N) is 2. The van der Waals surface area contributed by atoms with Gasteiger partial charge in [0.05, 0.1) is 20.6 Å². The molecule has 0 spiro atoms. The Bertz CT molecular complexity index is 1800. The smallest absolute Gasteiger partial charge is 0.264 e. The number of rotatable bonds is 12. The van der Waals surface area contributed by atoms with Crippen LogP contribution in [0.2, 0.25) is 10.0 Å². The molecule has 1 saturated carbocycles. The molecule has 0 unspecified atom stereocenters. The molecule has 11 heteroatoms. The van der Waals surface area contributed by atoms with Crippen LogP contribution in [-0.4, -0.2) is 43.8 Å². The van der Waals surface area contributed by atoms with Crippen LogP contribution in [0.1, 0.15) is 42.4 Å². The maximum absolute atomic E-state index is 14.6. The average Bonchev–Trinajstić information content (AvgIpc) is 3.57. The van der Waals surface area contributed by atoms with E-state index < -0.39 is 34.3 Å². The van der Waals surface area contributed by atoms with Crippen LogP contribution in [0.3, 0.4) is 0 Å². The van der Waals surface area contributed by atoms with Gasteiger partial charge in [-0.1, -0.05) is 102 Å². The van der Waals surface area contributed by atoms with Crippen molar-refractivity contribution in [1.29, 1.82) is 0 Å². The normalized spacial score (nSPS) is 14.0. The Kier molecular flexibility index (Phi) is 11.2. The summed E-state index contributed by atoms with van der Waals surface area (Å²) in [6, 6.07) is 24.7. The molecule has 0 heterocycles. The lowest BCUT2D eigenvalue weighted by atomic mass is 10.0. The number of carbonyl (C=O) groups is 2. The van der Waals surface area contributed by atoms with Crippen LogP contribution in [0.15, 0.2) is 102 Å². The highest BCUT2D eigenvalue weighted by molar-refractivity contribution is 7.92. The number of nitrogens with one attached hydrogen (secondary N) is 1. The minimum Gasteiger partial charge on any atom is -0.352 e. The van der Waals surface area contributed by atoms with Gasteiger partial charge in [0.1, 0.15) is 18.4 Å². The number of benzene rings is 4. The van der Waals surface area contributed by atoms with Gasteiger partial charge in [-0.2, -0.15) is 0 Å². The SMILES string of the molecule is Cc1ccc(S(=O)(=O)N(CC(=O)N(Cc2ccc(F)cc2)[C@@H](Cc2ccccc2)C(=O)NC2CCCC2)c2cccc(Cl)c2Cl)cc1. The number of hydrogen-bond donors (Lipinski definition) is 1. The van der Waals surface area contributed by atoms with Crippen molar-refractivity contribution in [3.63, 3.8) is 0 Å². The van der Waals surface area contributed by atoms with E-state index in [1.807, 2.05) is 37.3 Å². The molecular formula is C36H36Cl2FN3O4S. The standard InChI is InChI=1S/C36H36Cl2FN3O4S/c1-25-14-20-30(21-15-25)47(45,46)42(32-13-7-12-31(37)35(32)38)24-34(43)41(23-27-16-18-28(39)19-17-27)33(22-26-8-3-2-4-9-26)36(44)40-29-10-5-6-11-29/h2-4,7-9,12-21,29,33H,5-6,10-11,22-24H2,1H3,(H,40,44)/t33-/m0/s1. The summed E-state index contributed by atoms with van der Waals surface area (Å²) in [4.78, 5) is 30.0. The van der Waals surface area contributed by atoms with Gasteiger partial charge < -0.3 is 10.2 Å². The van der Waals surface area contributed by atoms with Gasteiger partial charge in [0.15, 0.2) is 0 Å². The minimum absolute atomic E-state index is 0.0184. The highest BCUT2D eigenvalue weighted by atomic mass is 35.5. The van der Waals surface area contributed by atoms with E-state index in [-0.39, 0.29) is 45.5 Å². The predicted molar refractivity (Wildman–Crippen MR) is 183 cm³/mol. The van der Waals surface area contributed by atoms with Crippen molar-refractivity contribution < 1.29 is 22.4 Å². The molecular weight excluding hydrogens is 660 g/mol. The molecule has 0 radical (unpaired) electrons. The van der Waals surface area contributed by atoms with E-state index in [0.29, 0.717) is 5.56 Å². The molecule has 1 fully saturated rings. The molecule has 5 rings (SSSR count). The van der Waals surface area contributed by atoms with E-state index in [0.717, 1.165) is 41.1 Å². The second-order valence-electron chi connectivity index (χ2n) is 11.7. The molecule has 0 aromatic heterocycles. The topological polar surface area (TPSA) is 86.8 Å². The van der Waals surface area contributed by atoms with Crippen molar-refractivity contribution in [3.05, 3.63) is 130 Å². The Labute approximate surface area is 285 Å². The monoisotopic (exact) mass is 695 g/mol. The van der Waals surface area contributed by atoms with Gasteiger partial charge in [0.2, 0.25) is 11.8 Å². The Morgan fingerprint density at radius 3 is 2.19 bits per heavy atom. The second kappa shape index (κ2) is 15.3. The predicted octanol–water partition coefficient (Wildman–Crippen LogP) is 7.34. The lowest BCUT2D eigenvalue weighted by molar-refractivity contribution is -0.140. The van der Waals surface area contributed by atoms with Gasteiger partial charge in [-0.15, -0.1) is 0 Å². The summed E-state index contributed by atoms with van der Waals surface area (Å²) in [5.41, 5.74) is 2.26. The Morgan fingerprint density at radius 2 is 1.53 bits per heavy atom. The molecule has 246 valence electrons. The Balaban J connectivity index is 1.58. The van der Waals surface area contributed by atoms with E-state index in [1.54, 1.807) is 30.3 Å². The molecule has 1 aliphatic carbocycles. The Hall–Kier alpha value is -3.92. The average molecular weight is 697 g/mol. The first-order valence-corrected chi connectivity index (χ1v) is 17.6. The molecule has 47 heavy (non-hydrogen) atoms. The Morgan fingerprint density at radius 1 is 0.872 bits per heavy atom. The molecule has 1 aliphatic rings. The van der Waals surface area contributed by atoms with Gasteiger partial charge >= 0.3 is 0 Å². The molecule has 2 amide bonds. The van der Waals surface area contributed by atoms with Crippen LogP contribution in [0.4, 0.5) is 10.1 Å². The lowest BCUT2D eigenvalue weighted by Gasteiger charge is -2.34. The number of amides is 2. The number of hydrogen-bond acceptors (Lipinski definition) is 4. The first-order chi connectivity index (χ1) is 22.5. The molecule has 0 saturated heterocycles. The van der Waals surface area contributed by atoms with Crippen molar-refractivity contribution in [1.82, 2.24) is 10.2 Å². The highest BCUT2D eigenvalue weighted by Crippen LogP contribution is 2.36. The molecule has 0 bridgehead atoms. The quantitative estimate of drug-likeness (QED) is 0.168. The highest BCUT2D eigenvalue weighted by Gasteiger charge is 2.36. The fourth-order valence-corrected chi connectivity index (χ4v) is 7.62. The number of carbonyl (C=O) groups excluding carboxylic acids is 2. The zero-order valence-corrected chi connectivity index (χ0v) is 28.2. The van der Waals surface area contributed by atoms with Gasteiger partial charge in [-0.25, -0.2) is 12.8 Å². The van der Waals surface area contributed by atoms with Crippen molar-refractivity contribution in [2.45, 2.75) is 62.6 Å². The molecule has 4 aromatic rings. The largest absolute Gasteiger partial charge is 0.352 e. The van der Waals surface area contributed by atoms with E-state index >= 15 is 0 Å². The minimum atomic E-state index is -4.35. The number of anilines is 1. The summed E-state index contributed by atoms with van der Waals surface area (Å²) in [5, 5.41) is 3.20. The van der Waals surface area contributed by atoms with Crippen LogP contribution in [0, 0.1) is 12.7 Å². The first-order valence-electron chi connectivity index (χ1n) is 15.4. The van der Waals surface area contributed by atoms with E-state index in [2.05, 4.69) is 5.32 Å². The summed E-state index contributed by atoms with van der Waals surface area (Å²) >= 11 is 12.9. The zero-order valence-electron chi connectivity index (χ0n) is 25.9. The van der Waals surface area contributed by atoms with E-state index in [9.17, 15) is 22.4 Å². The van der Waals surface area contributed by atoms with Crippen molar-refractivity contribution in [2.75, 3.05) is 10.8 Å².